The molecule has 1 N–H and O–H groups in total. The van der Waals surface area contributed by atoms with E-state index >= 15 is 0 Å². The number of hydrogen-bond donors (Lipinski definition) is 1. The molecule has 5 heteroatoms. The Morgan fingerprint density at radius 1 is 1.15 bits per heavy atom. The molecule has 1 heterocycles. The standard InChI is InChI=1S/C21H25N3O2/c1-6-14-7-9-15(10-8-14)19-23-17-13-16(11-12-18(17)24(19)5)22-20(25)26-21(2,3)4/h7-13H,6H2,1-5H3,(H,22,25). The van der Waals surface area contributed by atoms with Crippen LogP contribution in [0.1, 0.15) is 33.3 Å². The zero-order chi connectivity index (χ0) is 18.9. The van der Waals surface area contributed by atoms with Crippen LogP contribution in [0.2, 0.25) is 0 Å². The maximum atomic E-state index is 12.0. The van der Waals surface area contributed by atoms with Crippen LogP contribution in [0, 0.1) is 0 Å². The number of rotatable bonds is 3. The minimum atomic E-state index is -0.531. The molecule has 1 aromatic heterocycles. The number of benzene rings is 2. The van der Waals surface area contributed by atoms with Crippen molar-refractivity contribution in [2.75, 3.05) is 5.32 Å². The fraction of sp³-hybridized carbons (Fsp3) is 0.333. The number of aromatic nitrogens is 2. The fourth-order valence-corrected chi connectivity index (χ4v) is 2.85. The average Bonchev–Trinajstić information content (AvgIpc) is 2.89. The van der Waals surface area contributed by atoms with Gasteiger partial charge in [-0.1, -0.05) is 31.2 Å². The lowest BCUT2D eigenvalue weighted by atomic mass is 10.1. The number of anilines is 1. The van der Waals surface area contributed by atoms with Crippen LogP contribution in [0.3, 0.4) is 0 Å². The molecule has 0 unspecified atom stereocenters. The second-order valence-corrected chi connectivity index (χ2v) is 7.38. The van der Waals surface area contributed by atoms with E-state index < -0.39 is 11.7 Å². The van der Waals surface area contributed by atoms with Crippen LogP contribution in [-0.4, -0.2) is 21.2 Å². The first-order chi connectivity index (χ1) is 12.3. The third-order valence-electron chi connectivity index (χ3n) is 4.15. The van der Waals surface area contributed by atoms with Crippen LogP contribution in [0.5, 0.6) is 0 Å². The predicted molar refractivity (Wildman–Crippen MR) is 105 cm³/mol. The van der Waals surface area contributed by atoms with Gasteiger partial charge in [0, 0.05) is 18.3 Å². The number of carbonyl (C=O) groups excluding carboxylic acids is 1. The van der Waals surface area contributed by atoms with E-state index in [1.807, 2.05) is 46.0 Å². The van der Waals surface area contributed by atoms with E-state index in [4.69, 9.17) is 9.72 Å². The third kappa shape index (κ3) is 3.87. The molecule has 1 amide bonds. The van der Waals surface area contributed by atoms with Gasteiger partial charge in [-0.05, 0) is 51.0 Å². The molecular formula is C21H25N3O2. The molecule has 0 radical (unpaired) electrons. The van der Waals surface area contributed by atoms with E-state index in [1.54, 1.807) is 0 Å². The average molecular weight is 351 g/mol. The number of amides is 1. The van der Waals surface area contributed by atoms with Crippen molar-refractivity contribution in [1.29, 1.82) is 0 Å². The molecular weight excluding hydrogens is 326 g/mol. The quantitative estimate of drug-likeness (QED) is 0.710. The SMILES string of the molecule is CCc1ccc(-c2nc3cc(NC(=O)OC(C)(C)C)ccc3n2C)cc1. The van der Waals surface area contributed by atoms with Gasteiger partial charge in [-0.15, -0.1) is 0 Å². The van der Waals surface area contributed by atoms with E-state index in [0.717, 1.165) is 28.8 Å². The van der Waals surface area contributed by atoms with Gasteiger partial charge in [0.1, 0.15) is 11.4 Å². The molecule has 0 fully saturated rings. The maximum Gasteiger partial charge on any atom is 0.412 e. The summed E-state index contributed by atoms with van der Waals surface area (Å²) in [4.78, 5) is 16.7. The van der Waals surface area contributed by atoms with E-state index in [1.165, 1.54) is 5.56 Å². The summed E-state index contributed by atoms with van der Waals surface area (Å²) in [6.45, 7) is 7.66. The highest BCUT2D eigenvalue weighted by Gasteiger charge is 2.17. The molecule has 0 atom stereocenters. The largest absolute Gasteiger partial charge is 0.444 e. The summed E-state index contributed by atoms with van der Waals surface area (Å²) in [6.07, 6.45) is 0.547. The summed E-state index contributed by atoms with van der Waals surface area (Å²) in [5.41, 5.74) is 4.35. The first-order valence-electron chi connectivity index (χ1n) is 8.82. The van der Waals surface area contributed by atoms with Crippen molar-refractivity contribution in [2.45, 2.75) is 39.7 Å². The Hall–Kier alpha value is -2.82. The van der Waals surface area contributed by atoms with Gasteiger partial charge in [0.15, 0.2) is 0 Å². The number of hydrogen-bond acceptors (Lipinski definition) is 3. The van der Waals surface area contributed by atoms with E-state index in [2.05, 4.69) is 41.1 Å². The summed E-state index contributed by atoms with van der Waals surface area (Å²) in [5.74, 6) is 0.900. The summed E-state index contributed by atoms with van der Waals surface area (Å²) in [7, 11) is 2.00. The second-order valence-electron chi connectivity index (χ2n) is 7.38. The highest BCUT2D eigenvalue weighted by Crippen LogP contribution is 2.26. The van der Waals surface area contributed by atoms with E-state index in [0.29, 0.717) is 5.69 Å². The molecule has 2 aromatic carbocycles. The highest BCUT2D eigenvalue weighted by atomic mass is 16.6. The van der Waals surface area contributed by atoms with Crippen molar-refractivity contribution >= 4 is 22.8 Å². The van der Waals surface area contributed by atoms with Crippen molar-refractivity contribution in [3.63, 3.8) is 0 Å². The number of nitrogens with zero attached hydrogens (tertiary/aromatic N) is 2. The Bertz CT molecular complexity index is 934. The van der Waals surface area contributed by atoms with Crippen LogP contribution < -0.4 is 5.32 Å². The molecule has 3 aromatic rings. The van der Waals surface area contributed by atoms with Crippen molar-refractivity contribution in [2.24, 2.45) is 7.05 Å². The summed E-state index contributed by atoms with van der Waals surface area (Å²) in [6, 6.07) is 14.1. The van der Waals surface area contributed by atoms with Crippen molar-refractivity contribution < 1.29 is 9.53 Å². The van der Waals surface area contributed by atoms with Gasteiger partial charge in [0.25, 0.3) is 0 Å². The summed E-state index contributed by atoms with van der Waals surface area (Å²) < 4.78 is 7.36. The first kappa shape index (κ1) is 18.0. The summed E-state index contributed by atoms with van der Waals surface area (Å²) >= 11 is 0. The van der Waals surface area contributed by atoms with Gasteiger partial charge in [-0.25, -0.2) is 9.78 Å². The maximum absolute atomic E-state index is 12.0. The molecule has 0 saturated carbocycles. The fourth-order valence-electron chi connectivity index (χ4n) is 2.85. The van der Waals surface area contributed by atoms with Crippen molar-refractivity contribution in [3.8, 4) is 11.4 Å². The third-order valence-corrected chi connectivity index (χ3v) is 4.15. The van der Waals surface area contributed by atoms with Crippen LogP contribution in [-0.2, 0) is 18.2 Å². The molecule has 0 aliphatic carbocycles. The molecule has 0 aliphatic rings. The van der Waals surface area contributed by atoms with Crippen LogP contribution in [0.4, 0.5) is 10.5 Å². The molecule has 26 heavy (non-hydrogen) atoms. The smallest absolute Gasteiger partial charge is 0.412 e. The zero-order valence-corrected chi connectivity index (χ0v) is 16.0. The minimum Gasteiger partial charge on any atom is -0.444 e. The van der Waals surface area contributed by atoms with E-state index in [9.17, 15) is 4.79 Å². The van der Waals surface area contributed by atoms with Gasteiger partial charge in [-0.3, -0.25) is 5.32 Å². The second kappa shape index (κ2) is 6.83. The number of fused-ring (bicyclic) bond motifs is 1. The topological polar surface area (TPSA) is 56.1 Å². The van der Waals surface area contributed by atoms with Gasteiger partial charge in [0.05, 0.1) is 11.0 Å². The summed E-state index contributed by atoms with van der Waals surface area (Å²) in [5, 5.41) is 2.76. The number of aryl methyl sites for hydroxylation is 2. The van der Waals surface area contributed by atoms with Gasteiger partial charge in [-0.2, -0.15) is 0 Å². The number of carbonyl (C=O) groups is 1. The molecule has 0 bridgehead atoms. The molecule has 5 nitrogen and oxygen atoms in total. The lowest BCUT2D eigenvalue weighted by molar-refractivity contribution is 0.0636. The van der Waals surface area contributed by atoms with Crippen LogP contribution in [0.25, 0.3) is 22.4 Å². The van der Waals surface area contributed by atoms with Crippen LogP contribution in [0.15, 0.2) is 42.5 Å². The normalized spacial score (nSPS) is 11.6. The Balaban J connectivity index is 1.89. The zero-order valence-electron chi connectivity index (χ0n) is 16.0. The van der Waals surface area contributed by atoms with Crippen molar-refractivity contribution in [3.05, 3.63) is 48.0 Å². The van der Waals surface area contributed by atoms with Crippen LogP contribution >= 0.6 is 0 Å². The Kier molecular flexibility index (Phi) is 4.72. The van der Waals surface area contributed by atoms with Crippen molar-refractivity contribution in [1.82, 2.24) is 9.55 Å². The predicted octanol–water partition coefficient (Wildman–Crippen LogP) is 5.15. The van der Waals surface area contributed by atoms with Gasteiger partial charge in [0.2, 0.25) is 0 Å². The highest BCUT2D eigenvalue weighted by molar-refractivity contribution is 5.90. The Morgan fingerprint density at radius 3 is 2.46 bits per heavy atom. The van der Waals surface area contributed by atoms with Gasteiger partial charge >= 0.3 is 6.09 Å². The van der Waals surface area contributed by atoms with E-state index in [-0.39, 0.29) is 0 Å². The molecule has 0 aliphatic heterocycles. The first-order valence-corrected chi connectivity index (χ1v) is 8.82. The number of ether oxygens (including phenoxy) is 1. The lowest BCUT2D eigenvalue weighted by Gasteiger charge is -2.19. The van der Waals surface area contributed by atoms with Gasteiger partial charge < -0.3 is 9.30 Å². The number of imidazole rings is 1. The molecule has 0 spiro atoms. The number of nitrogens with one attached hydrogen (secondary N) is 1. The molecule has 3 rings (SSSR count). The Morgan fingerprint density at radius 2 is 1.85 bits per heavy atom. The molecule has 136 valence electrons. The molecule has 0 saturated heterocycles. The lowest BCUT2D eigenvalue weighted by Crippen LogP contribution is -2.27. The Labute approximate surface area is 154 Å². The minimum absolute atomic E-state index is 0.469. The monoisotopic (exact) mass is 351 g/mol.